The van der Waals surface area contributed by atoms with Crippen molar-refractivity contribution in [2.45, 2.75) is 0 Å². The predicted octanol–water partition coefficient (Wildman–Crippen LogP) is -0.0287. The molecule has 66 valence electrons. The summed E-state index contributed by atoms with van der Waals surface area (Å²) in [7, 11) is 0. The molecule has 0 saturated carbocycles. The van der Waals surface area contributed by atoms with Crippen LogP contribution >= 0.6 is 0 Å². The van der Waals surface area contributed by atoms with Crippen LogP contribution in [0.15, 0.2) is 18.2 Å². The van der Waals surface area contributed by atoms with Gasteiger partial charge in [-0.25, -0.2) is 4.79 Å². The van der Waals surface area contributed by atoms with E-state index in [1.807, 2.05) is 0 Å². The summed E-state index contributed by atoms with van der Waals surface area (Å²) in [5.41, 5.74) is -0.301. The third kappa shape index (κ3) is 1.86. The van der Waals surface area contributed by atoms with Crippen molar-refractivity contribution in [2.24, 2.45) is 0 Å². The number of benzene rings is 1. The average molecular weight is 172 g/mol. The number of carboxylic acid groups (broad SMARTS) is 1. The molecule has 0 aliphatic carbocycles. The number of hydrogen-bond donors (Lipinski definition) is 3. The first-order valence-corrected chi connectivity index (χ1v) is 2.86. The Bertz CT molecular complexity index is 294. The fourth-order valence-corrected chi connectivity index (χ4v) is 0.695. The first-order valence-electron chi connectivity index (χ1n) is 2.86. The number of carboxylic acids is 1. The second-order valence-electron chi connectivity index (χ2n) is 2.01. The van der Waals surface area contributed by atoms with E-state index in [-0.39, 0.29) is 22.5 Å². The molecule has 0 spiro atoms. The SMILES string of the molecule is O.O=C(O)c1cc(O)ccc1O. The van der Waals surface area contributed by atoms with Gasteiger partial charge in [0.1, 0.15) is 17.1 Å². The molecule has 5 N–H and O–H groups in total. The van der Waals surface area contributed by atoms with E-state index in [0.29, 0.717) is 0 Å². The molecule has 0 radical (unpaired) electrons. The van der Waals surface area contributed by atoms with Crippen molar-refractivity contribution in [1.29, 1.82) is 0 Å². The molecule has 1 aromatic rings. The third-order valence-corrected chi connectivity index (χ3v) is 1.21. The van der Waals surface area contributed by atoms with Crippen molar-refractivity contribution < 1.29 is 25.6 Å². The summed E-state index contributed by atoms with van der Waals surface area (Å²) in [6.07, 6.45) is 0. The van der Waals surface area contributed by atoms with E-state index in [4.69, 9.17) is 15.3 Å². The van der Waals surface area contributed by atoms with E-state index in [1.54, 1.807) is 0 Å². The van der Waals surface area contributed by atoms with Crippen molar-refractivity contribution >= 4 is 5.97 Å². The number of carbonyl (C=O) groups is 1. The highest BCUT2D eigenvalue weighted by molar-refractivity contribution is 5.91. The summed E-state index contributed by atoms with van der Waals surface area (Å²) < 4.78 is 0. The molecule has 0 unspecified atom stereocenters. The first-order chi connectivity index (χ1) is 5.11. The minimum Gasteiger partial charge on any atom is -0.508 e. The van der Waals surface area contributed by atoms with Gasteiger partial charge >= 0.3 is 5.97 Å². The van der Waals surface area contributed by atoms with Gasteiger partial charge in [0.2, 0.25) is 0 Å². The summed E-state index contributed by atoms with van der Waals surface area (Å²) in [5, 5.41) is 26.1. The Morgan fingerprint density at radius 3 is 2.25 bits per heavy atom. The second kappa shape index (κ2) is 3.59. The summed E-state index contributed by atoms with van der Waals surface area (Å²) >= 11 is 0. The molecule has 0 heterocycles. The Kier molecular flexibility index (Phi) is 3.06. The predicted molar refractivity (Wildman–Crippen MR) is 40.3 cm³/mol. The van der Waals surface area contributed by atoms with Gasteiger partial charge < -0.3 is 20.8 Å². The highest BCUT2D eigenvalue weighted by atomic mass is 16.4. The molecule has 12 heavy (non-hydrogen) atoms. The molecule has 0 aliphatic rings. The lowest BCUT2D eigenvalue weighted by Gasteiger charge is -1.98. The van der Waals surface area contributed by atoms with Gasteiger partial charge in [-0.1, -0.05) is 0 Å². The van der Waals surface area contributed by atoms with E-state index in [2.05, 4.69) is 0 Å². The number of aromatic hydroxyl groups is 2. The van der Waals surface area contributed by atoms with Crippen LogP contribution in [0.4, 0.5) is 0 Å². The second-order valence-corrected chi connectivity index (χ2v) is 2.01. The zero-order chi connectivity index (χ0) is 8.43. The van der Waals surface area contributed by atoms with Crippen LogP contribution in [0.5, 0.6) is 11.5 Å². The largest absolute Gasteiger partial charge is 0.508 e. The number of phenolic OH excluding ortho intramolecular Hbond substituents is 1. The molecule has 0 atom stereocenters. The standard InChI is InChI=1S/C7H6O4.H2O/c8-4-1-2-6(9)5(3-4)7(10)11;/h1-3,8-9H,(H,10,11);1H2. The average Bonchev–Trinajstić information content (AvgIpc) is 1.94. The fourth-order valence-electron chi connectivity index (χ4n) is 0.695. The maximum absolute atomic E-state index is 10.3. The molecular weight excluding hydrogens is 164 g/mol. The number of rotatable bonds is 1. The Labute approximate surface area is 67.8 Å². The van der Waals surface area contributed by atoms with E-state index in [9.17, 15) is 4.79 Å². The molecule has 0 saturated heterocycles. The molecule has 0 amide bonds. The van der Waals surface area contributed by atoms with Crippen LogP contribution in [0.3, 0.4) is 0 Å². The molecule has 0 bridgehead atoms. The summed E-state index contributed by atoms with van der Waals surface area (Å²) in [6.45, 7) is 0. The highest BCUT2D eigenvalue weighted by Gasteiger charge is 2.08. The molecule has 5 nitrogen and oxygen atoms in total. The zero-order valence-corrected chi connectivity index (χ0v) is 5.98. The van der Waals surface area contributed by atoms with E-state index < -0.39 is 5.97 Å². The Hall–Kier alpha value is -1.75. The third-order valence-electron chi connectivity index (χ3n) is 1.21. The molecule has 0 aromatic heterocycles. The fraction of sp³-hybridized carbons (Fsp3) is 0. The number of phenols is 2. The van der Waals surface area contributed by atoms with Gasteiger partial charge in [-0.3, -0.25) is 0 Å². The molecule has 0 aliphatic heterocycles. The first kappa shape index (κ1) is 10.2. The van der Waals surface area contributed by atoms with Crippen molar-refractivity contribution in [3.8, 4) is 11.5 Å². The smallest absolute Gasteiger partial charge is 0.339 e. The maximum Gasteiger partial charge on any atom is 0.339 e. The minimum atomic E-state index is -1.27. The van der Waals surface area contributed by atoms with Crippen LogP contribution in [-0.4, -0.2) is 26.8 Å². The Morgan fingerprint density at radius 1 is 1.25 bits per heavy atom. The van der Waals surface area contributed by atoms with Crippen LogP contribution in [0.25, 0.3) is 0 Å². The normalized spacial score (nSPS) is 8.67. The monoisotopic (exact) mass is 172 g/mol. The molecule has 0 fully saturated rings. The molecule has 5 heteroatoms. The van der Waals surface area contributed by atoms with Gasteiger partial charge in [-0.15, -0.1) is 0 Å². The minimum absolute atomic E-state index is 0. The van der Waals surface area contributed by atoms with Crippen LogP contribution in [0.1, 0.15) is 10.4 Å². The van der Waals surface area contributed by atoms with Crippen LogP contribution in [0.2, 0.25) is 0 Å². The summed E-state index contributed by atoms with van der Waals surface area (Å²) in [4.78, 5) is 10.3. The van der Waals surface area contributed by atoms with Gasteiger partial charge in [0.25, 0.3) is 0 Å². The lowest BCUT2D eigenvalue weighted by atomic mass is 10.2. The Balaban J connectivity index is 0.00000121. The van der Waals surface area contributed by atoms with Crippen LogP contribution in [-0.2, 0) is 0 Å². The summed E-state index contributed by atoms with van der Waals surface area (Å²) in [6, 6.07) is 3.32. The lowest BCUT2D eigenvalue weighted by molar-refractivity contribution is 0.0693. The van der Waals surface area contributed by atoms with Gasteiger partial charge in [0.05, 0.1) is 0 Å². The van der Waals surface area contributed by atoms with Gasteiger partial charge in [-0.2, -0.15) is 0 Å². The van der Waals surface area contributed by atoms with E-state index in [0.717, 1.165) is 12.1 Å². The summed E-state index contributed by atoms with van der Waals surface area (Å²) in [5.74, 6) is -1.80. The van der Waals surface area contributed by atoms with Crippen LogP contribution in [0, 0.1) is 0 Å². The van der Waals surface area contributed by atoms with Crippen molar-refractivity contribution in [2.75, 3.05) is 0 Å². The van der Waals surface area contributed by atoms with E-state index >= 15 is 0 Å². The lowest BCUT2D eigenvalue weighted by Crippen LogP contribution is -1.95. The highest BCUT2D eigenvalue weighted by Crippen LogP contribution is 2.21. The number of hydrogen-bond acceptors (Lipinski definition) is 3. The van der Waals surface area contributed by atoms with Gasteiger partial charge in [0, 0.05) is 0 Å². The molecule has 1 aromatic carbocycles. The van der Waals surface area contributed by atoms with Crippen LogP contribution < -0.4 is 0 Å². The molecular formula is C7H8O5. The number of aromatic carboxylic acids is 1. The van der Waals surface area contributed by atoms with E-state index in [1.165, 1.54) is 6.07 Å². The Morgan fingerprint density at radius 2 is 1.83 bits per heavy atom. The topological polar surface area (TPSA) is 109 Å². The van der Waals surface area contributed by atoms with Crippen molar-refractivity contribution in [1.82, 2.24) is 0 Å². The maximum atomic E-state index is 10.3. The zero-order valence-electron chi connectivity index (χ0n) is 5.98. The quantitative estimate of drug-likeness (QED) is 0.516. The molecule has 1 rings (SSSR count). The van der Waals surface area contributed by atoms with Gasteiger partial charge in [0.15, 0.2) is 0 Å². The van der Waals surface area contributed by atoms with Crippen molar-refractivity contribution in [3.63, 3.8) is 0 Å². The van der Waals surface area contributed by atoms with Gasteiger partial charge in [-0.05, 0) is 18.2 Å². The van der Waals surface area contributed by atoms with Crippen molar-refractivity contribution in [3.05, 3.63) is 23.8 Å².